The van der Waals surface area contributed by atoms with Crippen molar-refractivity contribution < 1.29 is 0 Å². The maximum absolute atomic E-state index is 5.42. The zero-order valence-electron chi connectivity index (χ0n) is 30.0. The number of fused-ring (bicyclic) bond motifs is 8. The molecule has 11 aromatic rings. The van der Waals surface area contributed by atoms with Crippen LogP contribution in [0.3, 0.4) is 0 Å². The molecule has 0 bridgehead atoms. The molecule has 0 saturated heterocycles. The van der Waals surface area contributed by atoms with Crippen molar-refractivity contribution in [3.8, 4) is 45.3 Å². The molecule has 1 aliphatic heterocycles. The molecule has 0 fully saturated rings. The van der Waals surface area contributed by atoms with E-state index in [-0.39, 0.29) is 0 Å². The first-order valence-electron chi connectivity index (χ1n) is 18.9. The van der Waals surface area contributed by atoms with Crippen LogP contribution >= 0.6 is 11.3 Å². The summed E-state index contributed by atoms with van der Waals surface area (Å²) in [5, 5.41) is 9.59. The van der Waals surface area contributed by atoms with Crippen LogP contribution in [0.5, 0.6) is 0 Å². The highest BCUT2D eigenvalue weighted by Crippen LogP contribution is 2.55. The van der Waals surface area contributed by atoms with Crippen molar-refractivity contribution in [3.05, 3.63) is 182 Å². The van der Waals surface area contributed by atoms with Gasteiger partial charge >= 0.3 is 0 Å². The van der Waals surface area contributed by atoms with Gasteiger partial charge < -0.3 is 4.90 Å². The van der Waals surface area contributed by atoms with E-state index >= 15 is 0 Å². The normalized spacial score (nSPS) is 12.2. The summed E-state index contributed by atoms with van der Waals surface area (Å²) >= 11 is 1.80. The average Bonchev–Trinajstić information content (AvgIpc) is 3.64. The topological polar surface area (TPSA) is 41.9 Å². The van der Waals surface area contributed by atoms with Crippen molar-refractivity contribution in [3.63, 3.8) is 0 Å². The molecular weight excluding hydrogens is 701 g/mol. The first-order valence-corrected chi connectivity index (χ1v) is 19.7. The smallest absolute Gasteiger partial charge is 0.166 e. The molecule has 0 unspecified atom stereocenters. The molecule has 2 aromatic heterocycles. The molecular formula is C51H30N4S. The maximum Gasteiger partial charge on any atom is 0.166 e. The quantitative estimate of drug-likeness (QED) is 0.181. The Morgan fingerprint density at radius 3 is 1.73 bits per heavy atom. The van der Waals surface area contributed by atoms with Crippen LogP contribution in [0.25, 0.3) is 97.8 Å². The lowest BCUT2D eigenvalue weighted by atomic mass is 9.87. The third-order valence-electron chi connectivity index (χ3n) is 11.2. The van der Waals surface area contributed by atoms with E-state index in [0.29, 0.717) is 17.5 Å². The Kier molecular flexibility index (Phi) is 6.76. The van der Waals surface area contributed by atoms with Gasteiger partial charge in [0.05, 0.1) is 22.6 Å². The zero-order valence-corrected chi connectivity index (χ0v) is 30.8. The lowest BCUT2D eigenvalue weighted by Crippen LogP contribution is -2.17. The fourth-order valence-corrected chi connectivity index (χ4v) is 9.86. The molecule has 5 heteroatoms. The van der Waals surface area contributed by atoms with E-state index in [1.807, 2.05) is 18.2 Å². The van der Waals surface area contributed by atoms with Crippen molar-refractivity contribution in [2.45, 2.75) is 0 Å². The fraction of sp³-hybridized carbons (Fsp3) is 0. The van der Waals surface area contributed by atoms with E-state index < -0.39 is 0 Å². The van der Waals surface area contributed by atoms with Crippen LogP contribution < -0.4 is 4.90 Å². The van der Waals surface area contributed by atoms with Gasteiger partial charge in [0, 0.05) is 42.2 Å². The van der Waals surface area contributed by atoms with Crippen LogP contribution in [0.15, 0.2) is 182 Å². The standard InChI is InChI=1S/C51H30N4S/c1-2-14-34(15-3-1)49-52-50(35-24-27-39-38-20-8-9-23-44(38)56-45(39)30-35)54-51(53-49)48-37-19-7-5-13-32(37)26-29-43(48)55-41-22-11-17-33-16-10-21-40(46(33)41)47-36-18-6-4-12-31(36)25-28-42(47)55/h1-30H. The minimum absolute atomic E-state index is 0.630. The summed E-state index contributed by atoms with van der Waals surface area (Å²) in [5.41, 5.74) is 8.60. The van der Waals surface area contributed by atoms with Crippen molar-refractivity contribution in [2.24, 2.45) is 0 Å². The summed E-state index contributed by atoms with van der Waals surface area (Å²) in [5.74, 6) is 1.91. The van der Waals surface area contributed by atoms with Gasteiger partial charge in [-0.1, -0.05) is 152 Å². The molecule has 9 aromatic carbocycles. The predicted octanol–water partition coefficient (Wildman–Crippen LogP) is 14.2. The molecule has 4 nitrogen and oxygen atoms in total. The zero-order chi connectivity index (χ0) is 36.7. The van der Waals surface area contributed by atoms with Gasteiger partial charge in [-0.2, -0.15) is 0 Å². The highest BCUT2D eigenvalue weighted by molar-refractivity contribution is 7.25. The molecule has 0 aliphatic carbocycles. The van der Waals surface area contributed by atoms with Crippen LogP contribution in [0.4, 0.5) is 17.1 Å². The van der Waals surface area contributed by atoms with E-state index in [1.165, 1.54) is 52.8 Å². The maximum atomic E-state index is 5.42. The van der Waals surface area contributed by atoms with Gasteiger partial charge in [-0.25, -0.2) is 15.0 Å². The highest BCUT2D eigenvalue weighted by atomic mass is 32.1. The van der Waals surface area contributed by atoms with Gasteiger partial charge in [-0.3, -0.25) is 0 Å². The number of nitrogens with zero attached hydrogens (tertiary/aromatic N) is 4. The summed E-state index contributed by atoms with van der Waals surface area (Å²) in [6.45, 7) is 0. The van der Waals surface area contributed by atoms with E-state index in [1.54, 1.807) is 11.3 Å². The predicted molar refractivity (Wildman–Crippen MR) is 235 cm³/mol. The van der Waals surface area contributed by atoms with Crippen LogP contribution in [-0.4, -0.2) is 15.0 Å². The highest BCUT2D eigenvalue weighted by Gasteiger charge is 2.30. The minimum Gasteiger partial charge on any atom is -0.308 e. The fourth-order valence-electron chi connectivity index (χ4n) is 8.71. The molecule has 56 heavy (non-hydrogen) atoms. The average molecular weight is 731 g/mol. The first-order chi connectivity index (χ1) is 27.8. The van der Waals surface area contributed by atoms with E-state index in [0.717, 1.165) is 44.5 Å². The van der Waals surface area contributed by atoms with Crippen molar-refractivity contribution in [1.29, 1.82) is 0 Å². The second kappa shape index (κ2) is 12.2. The summed E-state index contributed by atoms with van der Waals surface area (Å²) < 4.78 is 2.48. The number of hydrogen-bond donors (Lipinski definition) is 0. The van der Waals surface area contributed by atoms with Gasteiger partial charge in [0.25, 0.3) is 0 Å². The molecule has 0 spiro atoms. The van der Waals surface area contributed by atoms with E-state index in [9.17, 15) is 0 Å². The van der Waals surface area contributed by atoms with Crippen LogP contribution in [0.1, 0.15) is 0 Å². The number of thiophene rings is 1. The van der Waals surface area contributed by atoms with E-state index in [2.05, 4.69) is 169 Å². The monoisotopic (exact) mass is 730 g/mol. The van der Waals surface area contributed by atoms with E-state index in [4.69, 9.17) is 15.0 Å². The number of hydrogen-bond acceptors (Lipinski definition) is 5. The molecule has 12 rings (SSSR count). The van der Waals surface area contributed by atoms with Gasteiger partial charge in [0.1, 0.15) is 0 Å². The molecule has 3 heterocycles. The summed E-state index contributed by atoms with van der Waals surface area (Å²) in [7, 11) is 0. The molecule has 0 saturated carbocycles. The Labute approximate surface area is 326 Å². The van der Waals surface area contributed by atoms with Crippen molar-refractivity contribution in [1.82, 2.24) is 15.0 Å². The van der Waals surface area contributed by atoms with Crippen molar-refractivity contribution in [2.75, 3.05) is 4.90 Å². The molecule has 1 aliphatic rings. The Bertz CT molecular complexity index is 3380. The van der Waals surface area contributed by atoms with Gasteiger partial charge in [-0.15, -0.1) is 11.3 Å². The number of benzene rings is 9. The summed E-state index contributed by atoms with van der Waals surface area (Å²) in [6.07, 6.45) is 0. The molecule has 0 N–H and O–H groups in total. The summed E-state index contributed by atoms with van der Waals surface area (Å²) in [6, 6.07) is 65.1. The molecule has 0 amide bonds. The van der Waals surface area contributed by atoms with Gasteiger partial charge in [0.2, 0.25) is 0 Å². The number of anilines is 3. The van der Waals surface area contributed by atoms with Crippen molar-refractivity contribution >= 4 is 80.9 Å². The second-order valence-corrected chi connectivity index (χ2v) is 15.4. The van der Waals surface area contributed by atoms with Crippen LogP contribution in [0.2, 0.25) is 0 Å². The first kappa shape index (κ1) is 31.2. The van der Waals surface area contributed by atoms with Gasteiger partial charge in [-0.05, 0) is 62.8 Å². The second-order valence-electron chi connectivity index (χ2n) is 14.4. The Balaban J connectivity index is 1.17. The molecule has 260 valence electrons. The van der Waals surface area contributed by atoms with Gasteiger partial charge in [0.15, 0.2) is 17.5 Å². The minimum atomic E-state index is 0.630. The summed E-state index contributed by atoms with van der Waals surface area (Å²) in [4.78, 5) is 18.4. The Hall–Kier alpha value is -7.21. The molecule has 0 atom stereocenters. The Morgan fingerprint density at radius 1 is 0.357 bits per heavy atom. The SMILES string of the molecule is c1ccc(-c2nc(-c3ccc4c(c3)sc3ccccc34)nc(-c3c(N4c5ccc6ccccc6c5-c5cccc6cccc4c56)ccc4ccccc34)n2)cc1. The number of rotatable bonds is 4. The third-order valence-corrected chi connectivity index (χ3v) is 12.4. The lowest BCUT2D eigenvalue weighted by Gasteiger charge is -2.35. The van der Waals surface area contributed by atoms with Crippen LogP contribution in [0, 0.1) is 0 Å². The lowest BCUT2D eigenvalue weighted by molar-refractivity contribution is 1.07. The van der Waals surface area contributed by atoms with Crippen LogP contribution in [-0.2, 0) is 0 Å². The largest absolute Gasteiger partial charge is 0.308 e. The third kappa shape index (κ3) is 4.68. The molecule has 0 radical (unpaired) electrons. The Morgan fingerprint density at radius 2 is 0.946 bits per heavy atom. The number of aromatic nitrogens is 3.